The Morgan fingerprint density at radius 3 is 1.78 bits per heavy atom. The Bertz CT molecular complexity index is 354. The molecule has 104 valence electrons. The van der Waals surface area contributed by atoms with E-state index in [1.54, 1.807) is 13.8 Å². The smallest absolute Gasteiger partial charge is 0.326 e. The Morgan fingerprint density at radius 2 is 1.50 bits per heavy atom. The van der Waals surface area contributed by atoms with Gasteiger partial charge < -0.3 is 15.5 Å². The maximum absolute atomic E-state index is 12.0. The molecule has 0 saturated carbocycles. The molecule has 0 aromatic carbocycles. The lowest BCUT2D eigenvalue weighted by atomic mass is 9.68. The maximum atomic E-state index is 12.0. The van der Waals surface area contributed by atoms with Crippen molar-refractivity contribution < 1.29 is 24.6 Å². The molecule has 0 fully saturated rings. The van der Waals surface area contributed by atoms with Gasteiger partial charge in [0.2, 0.25) is 5.91 Å². The van der Waals surface area contributed by atoms with Gasteiger partial charge in [-0.2, -0.15) is 0 Å². The van der Waals surface area contributed by atoms with E-state index in [1.165, 1.54) is 0 Å². The summed E-state index contributed by atoms with van der Waals surface area (Å²) in [5.74, 6) is -3.09. The highest BCUT2D eigenvalue weighted by Gasteiger charge is 2.41. The first-order valence-corrected chi connectivity index (χ1v) is 5.65. The Kier molecular flexibility index (Phi) is 4.90. The standard InChI is InChI=1S/C12H21NO5/c1-11(2,3)12(4,5)10(18)13-7(9(16)17)6-8(14)15/h7H,6H2,1-5H3,(H,13,18)(H,14,15)(H,16,17)/t7-/m1/s1. The Balaban J connectivity index is 4.91. The van der Waals surface area contributed by atoms with Gasteiger partial charge in [-0.3, -0.25) is 9.59 Å². The molecule has 0 radical (unpaired) electrons. The normalized spacial score (nSPS) is 13.8. The van der Waals surface area contributed by atoms with E-state index in [-0.39, 0.29) is 5.41 Å². The van der Waals surface area contributed by atoms with Crippen LogP contribution in [0.15, 0.2) is 0 Å². The fourth-order valence-corrected chi connectivity index (χ4v) is 1.05. The van der Waals surface area contributed by atoms with Crippen molar-refractivity contribution in [2.75, 3.05) is 0 Å². The van der Waals surface area contributed by atoms with Crippen LogP contribution in [-0.4, -0.2) is 34.1 Å². The van der Waals surface area contributed by atoms with E-state index in [1.807, 2.05) is 20.8 Å². The Hall–Kier alpha value is -1.59. The molecular formula is C12H21NO5. The van der Waals surface area contributed by atoms with Crippen molar-refractivity contribution in [2.45, 2.75) is 47.1 Å². The van der Waals surface area contributed by atoms with Crippen molar-refractivity contribution in [3.63, 3.8) is 0 Å². The van der Waals surface area contributed by atoms with Crippen LogP contribution in [0.2, 0.25) is 0 Å². The van der Waals surface area contributed by atoms with Crippen molar-refractivity contribution in [2.24, 2.45) is 10.8 Å². The molecule has 6 nitrogen and oxygen atoms in total. The number of carbonyl (C=O) groups is 3. The molecule has 1 amide bonds. The largest absolute Gasteiger partial charge is 0.481 e. The molecule has 0 aromatic rings. The van der Waals surface area contributed by atoms with Crippen molar-refractivity contribution in [1.29, 1.82) is 0 Å². The highest BCUT2D eigenvalue weighted by atomic mass is 16.4. The summed E-state index contributed by atoms with van der Waals surface area (Å²) in [6.07, 6.45) is -0.638. The topological polar surface area (TPSA) is 104 Å². The van der Waals surface area contributed by atoms with Gasteiger partial charge in [0.05, 0.1) is 6.42 Å². The molecule has 0 saturated heterocycles. The lowest BCUT2D eigenvalue weighted by Gasteiger charge is -2.37. The summed E-state index contributed by atoms with van der Waals surface area (Å²) in [7, 11) is 0. The van der Waals surface area contributed by atoms with Crippen LogP contribution < -0.4 is 5.32 Å². The van der Waals surface area contributed by atoms with Crippen LogP contribution >= 0.6 is 0 Å². The van der Waals surface area contributed by atoms with Gasteiger partial charge in [0.1, 0.15) is 6.04 Å². The molecule has 0 aliphatic heterocycles. The highest BCUT2D eigenvalue weighted by Crippen LogP contribution is 2.37. The first-order valence-electron chi connectivity index (χ1n) is 5.65. The second-order valence-electron chi connectivity index (χ2n) is 5.84. The van der Waals surface area contributed by atoms with Crippen LogP contribution in [-0.2, 0) is 14.4 Å². The Morgan fingerprint density at radius 1 is 1.06 bits per heavy atom. The number of amides is 1. The minimum Gasteiger partial charge on any atom is -0.481 e. The molecule has 0 bridgehead atoms. The minimum atomic E-state index is -1.41. The zero-order valence-electron chi connectivity index (χ0n) is 11.4. The number of carbonyl (C=O) groups excluding carboxylic acids is 1. The first-order chi connectivity index (χ1) is 7.89. The van der Waals surface area contributed by atoms with Crippen LogP contribution in [0.3, 0.4) is 0 Å². The molecule has 18 heavy (non-hydrogen) atoms. The van der Waals surface area contributed by atoms with Crippen LogP contribution in [0.25, 0.3) is 0 Å². The zero-order chi connectivity index (χ0) is 14.7. The lowest BCUT2D eigenvalue weighted by molar-refractivity contribution is -0.149. The van der Waals surface area contributed by atoms with Gasteiger partial charge >= 0.3 is 11.9 Å². The van der Waals surface area contributed by atoms with E-state index in [4.69, 9.17) is 10.2 Å². The third-order valence-corrected chi connectivity index (χ3v) is 3.42. The first kappa shape index (κ1) is 16.4. The minimum absolute atomic E-state index is 0.372. The van der Waals surface area contributed by atoms with Gasteiger partial charge in [-0.25, -0.2) is 4.79 Å². The van der Waals surface area contributed by atoms with E-state index < -0.39 is 35.7 Å². The number of carboxylic acids is 2. The van der Waals surface area contributed by atoms with Gasteiger partial charge in [0.15, 0.2) is 0 Å². The molecule has 0 aliphatic carbocycles. The van der Waals surface area contributed by atoms with Gasteiger partial charge in [0.25, 0.3) is 0 Å². The van der Waals surface area contributed by atoms with Crippen molar-refractivity contribution in [1.82, 2.24) is 5.32 Å². The molecule has 3 N–H and O–H groups in total. The molecule has 0 rings (SSSR count). The predicted molar refractivity (Wildman–Crippen MR) is 65.1 cm³/mol. The van der Waals surface area contributed by atoms with Gasteiger partial charge in [-0.15, -0.1) is 0 Å². The van der Waals surface area contributed by atoms with E-state index in [2.05, 4.69) is 5.32 Å². The summed E-state index contributed by atoms with van der Waals surface area (Å²) in [6, 6.07) is -1.41. The van der Waals surface area contributed by atoms with E-state index in [0.29, 0.717) is 0 Å². The average molecular weight is 259 g/mol. The third kappa shape index (κ3) is 4.01. The second kappa shape index (κ2) is 5.37. The van der Waals surface area contributed by atoms with E-state index >= 15 is 0 Å². The molecule has 0 aromatic heterocycles. The van der Waals surface area contributed by atoms with Gasteiger partial charge in [-0.1, -0.05) is 34.6 Å². The quantitative estimate of drug-likeness (QED) is 0.686. The molecule has 0 unspecified atom stereocenters. The molecule has 6 heteroatoms. The van der Waals surface area contributed by atoms with Crippen molar-refractivity contribution >= 4 is 17.8 Å². The summed E-state index contributed by atoms with van der Waals surface area (Å²) in [6.45, 7) is 8.97. The third-order valence-electron chi connectivity index (χ3n) is 3.42. The summed E-state index contributed by atoms with van der Waals surface area (Å²) >= 11 is 0. The molecule has 0 aliphatic rings. The summed E-state index contributed by atoms with van der Waals surface area (Å²) in [5.41, 5.74) is -1.18. The number of aliphatic carboxylic acids is 2. The Labute approximate surface area is 106 Å². The fourth-order valence-electron chi connectivity index (χ4n) is 1.05. The second-order valence-corrected chi connectivity index (χ2v) is 5.84. The van der Waals surface area contributed by atoms with E-state index in [9.17, 15) is 14.4 Å². The van der Waals surface area contributed by atoms with Crippen LogP contribution in [0.1, 0.15) is 41.0 Å². The van der Waals surface area contributed by atoms with Crippen molar-refractivity contribution in [3.05, 3.63) is 0 Å². The number of carboxylic acid groups (broad SMARTS) is 2. The van der Waals surface area contributed by atoms with E-state index in [0.717, 1.165) is 0 Å². The maximum Gasteiger partial charge on any atom is 0.326 e. The lowest BCUT2D eigenvalue weighted by Crippen LogP contribution is -2.51. The monoisotopic (exact) mass is 259 g/mol. The number of hydrogen-bond acceptors (Lipinski definition) is 3. The average Bonchev–Trinajstić information content (AvgIpc) is 2.13. The van der Waals surface area contributed by atoms with Gasteiger partial charge in [0, 0.05) is 5.41 Å². The summed E-state index contributed by atoms with van der Waals surface area (Å²) in [5, 5.41) is 19.7. The number of hydrogen-bond donors (Lipinski definition) is 3. The summed E-state index contributed by atoms with van der Waals surface area (Å²) < 4.78 is 0. The SMILES string of the molecule is CC(C)(C)C(C)(C)C(=O)N[C@H](CC(=O)O)C(=O)O. The number of nitrogens with one attached hydrogen (secondary N) is 1. The summed E-state index contributed by atoms with van der Waals surface area (Å²) in [4.78, 5) is 33.4. The number of rotatable bonds is 5. The molecular weight excluding hydrogens is 238 g/mol. The van der Waals surface area contributed by atoms with Crippen LogP contribution in [0, 0.1) is 10.8 Å². The molecule has 0 spiro atoms. The predicted octanol–water partition coefficient (Wildman–Crippen LogP) is 1.10. The zero-order valence-corrected chi connectivity index (χ0v) is 11.4. The highest BCUT2D eigenvalue weighted by molar-refractivity contribution is 5.89. The van der Waals surface area contributed by atoms with Crippen molar-refractivity contribution in [3.8, 4) is 0 Å². The fraction of sp³-hybridized carbons (Fsp3) is 0.750. The van der Waals surface area contributed by atoms with Gasteiger partial charge in [-0.05, 0) is 5.41 Å². The van der Waals surface area contributed by atoms with Crippen LogP contribution in [0.4, 0.5) is 0 Å². The molecule has 0 heterocycles. The van der Waals surface area contributed by atoms with Crippen LogP contribution in [0.5, 0.6) is 0 Å². The molecule has 1 atom stereocenters.